The van der Waals surface area contributed by atoms with Crippen LogP contribution in [-0.2, 0) is 0 Å². The van der Waals surface area contributed by atoms with Gasteiger partial charge >= 0.3 is 0 Å². The van der Waals surface area contributed by atoms with Crippen molar-refractivity contribution >= 4 is 11.6 Å². The van der Waals surface area contributed by atoms with Crippen molar-refractivity contribution in [3.8, 4) is 11.3 Å². The Labute approximate surface area is 86.4 Å². The molecule has 76 valence electrons. The summed E-state index contributed by atoms with van der Waals surface area (Å²) < 4.78 is 0. The second kappa shape index (κ2) is 3.49. The second-order valence-corrected chi connectivity index (χ2v) is 3.05. The average Bonchev–Trinajstić information content (AvgIpc) is 2.16. The van der Waals surface area contributed by atoms with E-state index in [1.165, 1.54) is 6.33 Å². The van der Waals surface area contributed by atoms with E-state index in [0.717, 1.165) is 0 Å². The van der Waals surface area contributed by atoms with Gasteiger partial charge in [0.25, 0.3) is 0 Å². The van der Waals surface area contributed by atoms with Crippen LogP contribution in [0.15, 0.2) is 18.6 Å². The summed E-state index contributed by atoms with van der Waals surface area (Å²) in [5.41, 5.74) is 12.6. The molecule has 4 N–H and O–H groups in total. The summed E-state index contributed by atoms with van der Waals surface area (Å²) in [6.07, 6.45) is 2.99. The van der Waals surface area contributed by atoms with Crippen molar-refractivity contribution in [3.05, 3.63) is 24.4 Å². The summed E-state index contributed by atoms with van der Waals surface area (Å²) in [6, 6.07) is 1.64. The van der Waals surface area contributed by atoms with E-state index in [4.69, 9.17) is 11.5 Å². The highest BCUT2D eigenvalue weighted by Crippen LogP contribution is 2.21. The average molecular weight is 202 g/mol. The molecule has 0 aliphatic carbocycles. The van der Waals surface area contributed by atoms with Crippen molar-refractivity contribution < 1.29 is 0 Å². The van der Waals surface area contributed by atoms with Crippen LogP contribution in [0.2, 0.25) is 0 Å². The lowest BCUT2D eigenvalue weighted by molar-refractivity contribution is 1.06. The molecule has 2 rings (SSSR count). The third-order valence-corrected chi connectivity index (χ3v) is 1.88. The van der Waals surface area contributed by atoms with Crippen LogP contribution < -0.4 is 11.5 Å². The molecule has 0 fully saturated rings. The predicted molar refractivity (Wildman–Crippen MR) is 56.6 cm³/mol. The molecule has 15 heavy (non-hydrogen) atoms. The minimum absolute atomic E-state index is 0.377. The molecule has 2 heterocycles. The minimum Gasteiger partial charge on any atom is -0.384 e. The van der Waals surface area contributed by atoms with Gasteiger partial charge in [-0.2, -0.15) is 0 Å². The van der Waals surface area contributed by atoms with Crippen molar-refractivity contribution in [3.63, 3.8) is 0 Å². The maximum Gasteiger partial charge on any atom is 0.136 e. The van der Waals surface area contributed by atoms with Crippen molar-refractivity contribution in [2.75, 3.05) is 11.5 Å². The Hall–Kier alpha value is -2.24. The van der Waals surface area contributed by atoms with Crippen LogP contribution in [0.25, 0.3) is 11.3 Å². The van der Waals surface area contributed by atoms with Gasteiger partial charge in [0.1, 0.15) is 23.8 Å². The molecule has 0 atom stereocenters. The van der Waals surface area contributed by atoms with E-state index in [0.29, 0.717) is 28.7 Å². The number of anilines is 2. The van der Waals surface area contributed by atoms with Crippen molar-refractivity contribution in [1.82, 2.24) is 19.9 Å². The molecule has 2 aromatic rings. The van der Waals surface area contributed by atoms with Gasteiger partial charge in [0, 0.05) is 12.3 Å². The summed E-state index contributed by atoms with van der Waals surface area (Å²) in [6.45, 7) is 1.76. The monoisotopic (exact) mass is 202 g/mol. The Morgan fingerprint density at radius 1 is 1.20 bits per heavy atom. The van der Waals surface area contributed by atoms with Crippen LogP contribution in [0, 0.1) is 6.92 Å². The van der Waals surface area contributed by atoms with Crippen LogP contribution in [0.3, 0.4) is 0 Å². The predicted octanol–water partition coefficient (Wildman–Crippen LogP) is 0.406. The zero-order valence-corrected chi connectivity index (χ0v) is 8.18. The second-order valence-electron chi connectivity index (χ2n) is 3.05. The molecule has 6 heteroatoms. The van der Waals surface area contributed by atoms with Crippen LogP contribution in [0.1, 0.15) is 5.82 Å². The molecule has 2 aromatic heterocycles. The number of nitrogens with two attached hydrogens (primary N) is 2. The first-order valence-electron chi connectivity index (χ1n) is 4.34. The molecule has 0 saturated heterocycles. The van der Waals surface area contributed by atoms with E-state index < -0.39 is 0 Å². The Morgan fingerprint density at radius 2 is 2.00 bits per heavy atom. The maximum absolute atomic E-state index is 5.70. The largest absolute Gasteiger partial charge is 0.384 e. The third-order valence-electron chi connectivity index (χ3n) is 1.88. The molecule has 0 bridgehead atoms. The number of aromatic nitrogens is 4. The first-order valence-corrected chi connectivity index (χ1v) is 4.34. The number of nitrogens with zero attached hydrogens (tertiary/aromatic N) is 4. The van der Waals surface area contributed by atoms with E-state index in [1.807, 2.05) is 0 Å². The van der Waals surface area contributed by atoms with Gasteiger partial charge < -0.3 is 11.5 Å². The fraction of sp³-hybridized carbons (Fsp3) is 0.111. The van der Waals surface area contributed by atoms with E-state index in [2.05, 4.69) is 19.9 Å². The molecule has 0 amide bonds. The smallest absolute Gasteiger partial charge is 0.136 e. The van der Waals surface area contributed by atoms with Crippen LogP contribution in [0.5, 0.6) is 0 Å². The van der Waals surface area contributed by atoms with Gasteiger partial charge in [-0.05, 0) is 6.92 Å². The third kappa shape index (κ3) is 1.83. The van der Waals surface area contributed by atoms with Crippen molar-refractivity contribution in [2.24, 2.45) is 0 Å². The summed E-state index contributed by atoms with van der Waals surface area (Å²) in [5.74, 6) is 1.37. The van der Waals surface area contributed by atoms with Crippen LogP contribution in [-0.4, -0.2) is 19.9 Å². The van der Waals surface area contributed by atoms with Crippen LogP contribution in [0.4, 0.5) is 11.6 Å². The lowest BCUT2D eigenvalue weighted by Crippen LogP contribution is -2.00. The van der Waals surface area contributed by atoms with Crippen molar-refractivity contribution in [1.29, 1.82) is 0 Å². The first kappa shape index (κ1) is 9.32. The van der Waals surface area contributed by atoms with Crippen LogP contribution >= 0.6 is 0 Å². The fourth-order valence-electron chi connectivity index (χ4n) is 1.27. The van der Waals surface area contributed by atoms with Gasteiger partial charge in [-0.25, -0.2) is 19.9 Å². The van der Waals surface area contributed by atoms with Gasteiger partial charge in [-0.15, -0.1) is 0 Å². The Morgan fingerprint density at radius 3 is 2.67 bits per heavy atom. The van der Waals surface area contributed by atoms with Gasteiger partial charge in [-0.3, -0.25) is 0 Å². The number of nitrogen functional groups attached to an aromatic ring is 2. The van der Waals surface area contributed by atoms with E-state index >= 15 is 0 Å². The van der Waals surface area contributed by atoms with Gasteiger partial charge in [0.15, 0.2) is 0 Å². The topological polar surface area (TPSA) is 104 Å². The Bertz CT molecular complexity index is 475. The molecule has 0 aromatic carbocycles. The summed E-state index contributed by atoms with van der Waals surface area (Å²) in [7, 11) is 0. The molecule has 6 nitrogen and oxygen atoms in total. The number of aryl methyl sites for hydroxylation is 1. The number of hydrogen-bond donors (Lipinski definition) is 2. The van der Waals surface area contributed by atoms with Gasteiger partial charge in [0.2, 0.25) is 0 Å². The summed E-state index contributed by atoms with van der Waals surface area (Å²) >= 11 is 0. The molecule has 0 spiro atoms. The quantitative estimate of drug-likeness (QED) is 0.694. The molecular formula is C9H10N6. The fourth-order valence-corrected chi connectivity index (χ4v) is 1.27. The molecule has 0 saturated carbocycles. The zero-order valence-electron chi connectivity index (χ0n) is 8.18. The standard InChI is InChI=1S/C9H10N6/c1-5-14-7(2-8(10)15-5)6-3-12-4-13-9(6)11/h2-4H,1H3,(H2,10,14,15)(H2,11,12,13). The first-order chi connectivity index (χ1) is 7.16. The molecule has 0 aliphatic heterocycles. The lowest BCUT2D eigenvalue weighted by atomic mass is 10.2. The summed E-state index contributed by atoms with van der Waals surface area (Å²) in [5, 5.41) is 0. The zero-order chi connectivity index (χ0) is 10.8. The molecular weight excluding hydrogens is 192 g/mol. The molecule has 0 aliphatic rings. The minimum atomic E-state index is 0.377. The number of rotatable bonds is 1. The lowest BCUT2D eigenvalue weighted by Gasteiger charge is -2.04. The Kier molecular flexibility index (Phi) is 2.17. The van der Waals surface area contributed by atoms with E-state index in [1.54, 1.807) is 19.2 Å². The molecule has 0 radical (unpaired) electrons. The highest BCUT2D eigenvalue weighted by Gasteiger charge is 2.06. The SMILES string of the molecule is Cc1nc(N)cc(-c2cncnc2N)n1. The van der Waals surface area contributed by atoms with E-state index in [-0.39, 0.29) is 0 Å². The highest BCUT2D eigenvalue weighted by molar-refractivity contribution is 5.70. The summed E-state index contributed by atoms with van der Waals surface area (Å²) in [4.78, 5) is 16.0. The van der Waals surface area contributed by atoms with Crippen molar-refractivity contribution in [2.45, 2.75) is 6.92 Å². The highest BCUT2D eigenvalue weighted by atomic mass is 15.0. The molecule has 0 unspecified atom stereocenters. The maximum atomic E-state index is 5.70. The van der Waals surface area contributed by atoms with Gasteiger partial charge in [0.05, 0.1) is 11.3 Å². The van der Waals surface area contributed by atoms with Gasteiger partial charge in [-0.1, -0.05) is 0 Å². The Balaban J connectivity index is 2.59. The van der Waals surface area contributed by atoms with E-state index in [9.17, 15) is 0 Å². The normalized spacial score (nSPS) is 10.2. The number of hydrogen-bond acceptors (Lipinski definition) is 6.